The van der Waals surface area contributed by atoms with Crippen molar-refractivity contribution in [1.29, 1.82) is 0 Å². The molecule has 0 bridgehead atoms. The van der Waals surface area contributed by atoms with Crippen LogP contribution in [0.3, 0.4) is 0 Å². The van der Waals surface area contributed by atoms with Gasteiger partial charge in [-0.05, 0) is 27.2 Å². The van der Waals surface area contributed by atoms with Crippen molar-refractivity contribution >= 4 is 28.5 Å². The molecule has 23 heavy (non-hydrogen) atoms. The molecule has 0 amide bonds. The quantitative estimate of drug-likeness (QED) is 0.507. The van der Waals surface area contributed by atoms with Crippen LogP contribution in [0.5, 0.6) is 11.9 Å². The first kappa shape index (κ1) is 20.6. The fraction of sp³-hybridized carbons (Fsp3) is 0.714. The molecular weight excluding hydrogens is 355 g/mol. The zero-order chi connectivity index (χ0) is 17.3. The van der Waals surface area contributed by atoms with Gasteiger partial charge in [0.05, 0.1) is 25.5 Å². The lowest BCUT2D eigenvalue weighted by Gasteiger charge is -2.16. The van der Waals surface area contributed by atoms with Crippen LogP contribution < -0.4 is 9.47 Å². The van der Waals surface area contributed by atoms with Gasteiger partial charge in [-0.2, -0.15) is 9.97 Å². The summed E-state index contributed by atoms with van der Waals surface area (Å²) < 4.78 is 28.9. The van der Waals surface area contributed by atoms with E-state index < -0.39 is 5.77 Å². The van der Waals surface area contributed by atoms with Crippen LogP contribution in [0.2, 0.25) is 0 Å². The van der Waals surface area contributed by atoms with Crippen LogP contribution in [-0.4, -0.2) is 35.5 Å². The summed E-state index contributed by atoms with van der Waals surface area (Å²) in [5.74, 6) is -1.07. The van der Waals surface area contributed by atoms with Gasteiger partial charge in [-0.25, -0.2) is 0 Å². The standard InChI is InChI=1S/C14H25N2O4PS2/c1-6-8-22-21(17,19-7-2)23-10-12-9-13(20-11(3)4)16-14(15-12)18-5/h9,11H,6-8,10H2,1-5H3. The van der Waals surface area contributed by atoms with Crippen LogP contribution in [0.25, 0.3) is 0 Å². The Kier molecular flexibility index (Phi) is 9.36. The summed E-state index contributed by atoms with van der Waals surface area (Å²) in [4.78, 5) is 8.43. The third-order valence-electron chi connectivity index (χ3n) is 2.39. The van der Waals surface area contributed by atoms with Crippen molar-refractivity contribution in [3.8, 4) is 11.9 Å². The first-order valence-electron chi connectivity index (χ1n) is 7.54. The second-order valence-electron chi connectivity index (χ2n) is 4.82. The third-order valence-corrected chi connectivity index (χ3v) is 9.97. The van der Waals surface area contributed by atoms with Gasteiger partial charge in [0.25, 0.3) is 0 Å². The summed E-state index contributed by atoms with van der Waals surface area (Å²) in [6.07, 6.45) is 0.959. The van der Waals surface area contributed by atoms with Crippen LogP contribution in [0.15, 0.2) is 6.07 Å². The molecule has 1 rings (SSSR count). The number of methoxy groups -OCH3 is 1. The lowest BCUT2D eigenvalue weighted by molar-refractivity contribution is 0.227. The molecule has 0 aliphatic heterocycles. The monoisotopic (exact) mass is 380 g/mol. The van der Waals surface area contributed by atoms with Gasteiger partial charge in [0.15, 0.2) is 0 Å². The zero-order valence-electron chi connectivity index (χ0n) is 14.3. The molecule has 1 unspecified atom stereocenters. The van der Waals surface area contributed by atoms with Crippen LogP contribution in [0.1, 0.15) is 39.8 Å². The minimum Gasteiger partial charge on any atom is -0.475 e. The topological polar surface area (TPSA) is 70.5 Å². The molecule has 1 atom stereocenters. The maximum atomic E-state index is 12.8. The maximum Gasteiger partial charge on any atom is 0.319 e. The fourth-order valence-corrected chi connectivity index (χ4v) is 8.13. The van der Waals surface area contributed by atoms with E-state index in [4.69, 9.17) is 14.0 Å². The third kappa shape index (κ3) is 7.79. The Balaban J connectivity index is 2.83. The van der Waals surface area contributed by atoms with Crippen molar-refractivity contribution < 1.29 is 18.6 Å². The van der Waals surface area contributed by atoms with Crippen LogP contribution >= 0.6 is 28.5 Å². The minimum absolute atomic E-state index is 0.00439. The second-order valence-corrected chi connectivity index (χ2v) is 12.3. The lowest BCUT2D eigenvalue weighted by Crippen LogP contribution is -2.08. The molecule has 1 heterocycles. The van der Waals surface area contributed by atoms with E-state index in [-0.39, 0.29) is 12.1 Å². The molecule has 132 valence electrons. The van der Waals surface area contributed by atoms with Gasteiger partial charge in [-0.1, -0.05) is 29.7 Å². The van der Waals surface area contributed by atoms with Crippen molar-refractivity contribution in [2.45, 2.75) is 46.0 Å². The lowest BCUT2D eigenvalue weighted by atomic mass is 10.4. The molecule has 0 aliphatic carbocycles. The Morgan fingerprint density at radius 2 is 2.00 bits per heavy atom. The largest absolute Gasteiger partial charge is 0.475 e. The molecule has 1 aromatic heterocycles. The Morgan fingerprint density at radius 3 is 2.57 bits per heavy atom. The van der Waals surface area contributed by atoms with E-state index >= 15 is 0 Å². The molecule has 0 aromatic carbocycles. The van der Waals surface area contributed by atoms with Crippen molar-refractivity contribution in [2.75, 3.05) is 19.5 Å². The van der Waals surface area contributed by atoms with E-state index in [1.165, 1.54) is 29.9 Å². The van der Waals surface area contributed by atoms with Crippen molar-refractivity contribution in [2.24, 2.45) is 0 Å². The van der Waals surface area contributed by atoms with Gasteiger partial charge < -0.3 is 14.0 Å². The highest BCUT2D eigenvalue weighted by Gasteiger charge is 2.24. The van der Waals surface area contributed by atoms with E-state index in [2.05, 4.69) is 16.9 Å². The SMILES string of the molecule is CCCSP(=O)(OCC)SCc1cc(OC(C)C)nc(OC)n1. The predicted molar refractivity (Wildman–Crippen MR) is 97.6 cm³/mol. The Bertz CT molecular complexity index is 531. The molecule has 0 radical (unpaired) electrons. The summed E-state index contributed by atoms with van der Waals surface area (Å²) in [5, 5.41) is 0. The number of rotatable bonds is 11. The van der Waals surface area contributed by atoms with E-state index in [0.29, 0.717) is 23.9 Å². The molecule has 6 nitrogen and oxygen atoms in total. The maximum absolute atomic E-state index is 12.8. The van der Waals surface area contributed by atoms with E-state index in [9.17, 15) is 4.57 Å². The number of hydrogen-bond acceptors (Lipinski definition) is 8. The molecule has 0 fully saturated rings. The Labute approximate surface area is 146 Å². The number of hydrogen-bond donors (Lipinski definition) is 0. The molecular formula is C14H25N2O4PS2. The van der Waals surface area contributed by atoms with Crippen molar-refractivity contribution in [3.05, 3.63) is 11.8 Å². The Morgan fingerprint density at radius 1 is 1.26 bits per heavy atom. The van der Waals surface area contributed by atoms with Gasteiger partial charge in [0.1, 0.15) is 0 Å². The molecule has 0 saturated heterocycles. The smallest absolute Gasteiger partial charge is 0.319 e. The van der Waals surface area contributed by atoms with Gasteiger partial charge >= 0.3 is 11.8 Å². The summed E-state index contributed by atoms with van der Waals surface area (Å²) in [5.41, 5.74) is 0.703. The van der Waals surface area contributed by atoms with Gasteiger partial charge in [0.2, 0.25) is 5.88 Å². The summed E-state index contributed by atoms with van der Waals surface area (Å²) in [6.45, 7) is 8.18. The minimum atomic E-state index is -2.78. The highest BCUT2D eigenvalue weighted by molar-refractivity contribution is 8.89. The molecule has 0 N–H and O–H groups in total. The predicted octanol–water partition coefficient (Wildman–Crippen LogP) is 4.79. The van der Waals surface area contributed by atoms with Crippen LogP contribution in [-0.2, 0) is 14.8 Å². The van der Waals surface area contributed by atoms with Gasteiger partial charge in [-0.3, -0.25) is 4.57 Å². The van der Waals surface area contributed by atoms with Gasteiger partial charge in [0, 0.05) is 17.6 Å². The zero-order valence-corrected chi connectivity index (χ0v) is 16.8. The Hall–Kier alpha value is -0.430. The molecule has 0 aliphatic rings. The van der Waals surface area contributed by atoms with Crippen molar-refractivity contribution in [1.82, 2.24) is 9.97 Å². The normalized spacial score (nSPS) is 13.8. The highest BCUT2D eigenvalue weighted by atomic mass is 33.1. The average Bonchev–Trinajstić information content (AvgIpc) is 2.50. The summed E-state index contributed by atoms with van der Waals surface area (Å²) >= 11 is 2.67. The average molecular weight is 380 g/mol. The first-order chi connectivity index (χ1) is 10.9. The van der Waals surface area contributed by atoms with Crippen LogP contribution in [0, 0.1) is 0 Å². The van der Waals surface area contributed by atoms with Crippen molar-refractivity contribution in [3.63, 3.8) is 0 Å². The molecule has 0 saturated carbocycles. The molecule has 0 spiro atoms. The number of nitrogens with zero attached hydrogens (tertiary/aromatic N) is 2. The number of aromatic nitrogens is 2. The summed E-state index contributed by atoms with van der Waals surface area (Å²) in [6, 6.07) is 1.99. The molecule has 1 aromatic rings. The first-order valence-corrected chi connectivity index (χ1v) is 12.3. The summed E-state index contributed by atoms with van der Waals surface area (Å²) in [7, 11) is 1.51. The van der Waals surface area contributed by atoms with Gasteiger partial charge in [-0.15, -0.1) is 0 Å². The second kappa shape index (κ2) is 10.4. The van der Waals surface area contributed by atoms with E-state index in [1.807, 2.05) is 20.8 Å². The fourth-order valence-electron chi connectivity index (χ4n) is 1.53. The van der Waals surface area contributed by atoms with E-state index in [1.54, 1.807) is 6.07 Å². The number of ether oxygens (including phenoxy) is 2. The molecule has 9 heteroatoms. The highest BCUT2D eigenvalue weighted by Crippen LogP contribution is 2.70. The van der Waals surface area contributed by atoms with E-state index in [0.717, 1.165) is 12.2 Å². The van der Waals surface area contributed by atoms with Crippen LogP contribution in [0.4, 0.5) is 0 Å².